The van der Waals surface area contributed by atoms with Crippen LogP contribution in [0.5, 0.6) is 0 Å². The second kappa shape index (κ2) is 10.7. The molecule has 0 fully saturated rings. The second-order valence-electron chi connectivity index (χ2n) is 10.7. The van der Waals surface area contributed by atoms with Crippen molar-refractivity contribution in [3.05, 3.63) is 83.6 Å². The Bertz CT molecular complexity index is 2070. The Balaban J connectivity index is 1.43. The summed E-state index contributed by atoms with van der Waals surface area (Å²) in [5.41, 5.74) is 8.50. The van der Waals surface area contributed by atoms with Gasteiger partial charge in [0, 0.05) is 48.2 Å². The first-order chi connectivity index (χ1) is 20.0. The summed E-state index contributed by atoms with van der Waals surface area (Å²) in [7, 11) is 0.619. The van der Waals surface area contributed by atoms with Crippen LogP contribution in [0.2, 0.25) is 0 Å². The van der Waals surface area contributed by atoms with E-state index in [0.29, 0.717) is 39.4 Å². The molecule has 0 aliphatic rings. The SMILES string of the molecule is Cc1cc(-c2cncc(CN(C)C)c2)cc2c(-c3nc4nccc(-c5cc(F)cc(CNS(C)(=O)=O)c5)c4[nH]3)[nH]nc12. The van der Waals surface area contributed by atoms with Crippen molar-refractivity contribution in [1.82, 2.24) is 39.8 Å². The summed E-state index contributed by atoms with van der Waals surface area (Å²) in [6.07, 6.45) is 6.41. The number of hydrogen-bond donors (Lipinski definition) is 3. The smallest absolute Gasteiger partial charge is 0.209 e. The molecule has 0 aliphatic heterocycles. The first-order valence-electron chi connectivity index (χ1n) is 13.2. The molecule has 0 radical (unpaired) electrons. The van der Waals surface area contributed by atoms with Gasteiger partial charge in [-0.3, -0.25) is 10.1 Å². The third-order valence-corrected chi connectivity index (χ3v) is 7.58. The summed E-state index contributed by atoms with van der Waals surface area (Å²) >= 11 is 0. The third kappa shape index (κ3) is 5.64. The summed E-state index contributed by atoms with van der Waals surface area (Å²) in [5.74, 6) is 0.0630. The van der Waals surface area contributed by atoms with Crippen molar-refractivity contribution >= 4 is 32.1 Å². The lowest BCUT2D eigenvalue weighted by atomic mass is 10.00. The maximum Gasteiger partial charge on any atom is 0.209 e. The first-order valence-corrected chi connectivity index (χ1v) is 15.1. The quantitative estimate of drug-likeness (QED) is 0.234. The van der Waals surface area contributed by atoms with Crippen LogP contribution in [0.25, 0.3) is 55.8 Å². The van der Waals surface area contributed by atoms with E-state index in [1.807, 2.05) is 33.4 Å². The number of fused-ring (bicyclic) bond motifs is 2. The predicted octanol–water partition coefficient (Wildman–Crippen LogP) is 4.79. The van der Waals surface area contributed by atoms with Crippen LogP contribution in [0.15, 0.2) is 61.1 Å². The number of nitrogens with one attached hydrogen (secondary N) is 3. The summed E-state index contributed by atoms with van der Waals surface area (Å²) < 4.78 is 40.1. The normalized spacial score (nSPS) is 12.1. The number of sulfonamides is 1. The minimum absolute atomic E-state index is 0.0264. The van der Waals surface area contributed by atoms with Gasteiger partial charge in [0.1, 0.15) is 11.5 Å². The fourth-order valence-corrected chi connectivity index (χ4v) is 5.56. The van der Waals surface area contributed by atoms with Crippen molar-refractivity contribution in [3.63, 3.8) is 0 Å². The highest BCUT2D eigenvalue weighted by Gasteiger charge is 2.18. The van der Waals surface area contributed by atoms with E-state index in [1.165, 1.54) is 12.1 Å². The highest BCUT2D eigenvalue weighted by molar-refractivity contribution is 7.88. The number of imidazole rings is 1. The molecule has 10 nitrogen and oxygen atoms in total. The highest BCUT2D eigenvalue weighted by Crippen LogP contribution is 2.34. The molecule has 214 valence electrons. The van der Waals surface area contributed by atoms with Gasteiger partial charge in [-0.05, 0) is 91.3 Å². The Labute approximate surface area is 242 Å². The lowest BCUT2D eigenvalue weighted by Crippen LogP contribution is -2.21. The Morgan fingerprint density at radius 1 is 1.00 bits per heavy atom. The number of halogens is 1. The molecule has 4 aromatic heterocycles. The molecule has 6 rings (SSSR count). The molecule has 0 atom stereocenters. The Hall–Kier alpha value is -4.52. The van der Waals surface area contributed by atoms with Gasteiger partial charge in [0.2, 0.25) is 10.0 Å². The summed E-state index contributed by atoms with van der Waals surface area (Å²) in [4.78, 5) is 19.1. The van der Waals surface area contributed by atoms with Crippen LogP contribution in [0.3, 0.4) is 0 Å². The molecule has 3 N–H and O–H groups in total. The maximum atomic E-state index is 14.6. The summed E-state index contributed by atoms with van der Waals surface area (Å²) in [5, 5.41) is 8.60. The lowest BCUT2D eigenvalue weighted by molar-refractivity contribution is 0.402. The molecule has 0 spiro atoms. The fourth-order valence-electron chi connectivity index (χ4n) is 5.13. The van der Waals surface area contributed by atoms with Gasteiger partial charge in [-0.25, -0.2) is 27.5 Å². The van der Waals surface area contributed by atoms with Crippen LogP contribution in [0.4, 0.5) is 4.39 Å². The van der Waals surface area contributed by atoms with Gasteiger partial charge in [0.05, 0.1) is 17.3 Å². The summed E-state index contributed by atoms with van der Waals surface area (Å²) in [6, 6.07) is 12.5. The first kappa shape index (κ1) is 27.6. The zero-order valence-corrected chi connectivity index (χ0v) is 24.3. The van der Waals surface area contributed by atoms with E-state index in [-0.39, 0.29) is 6.54 Å². The Morgan fingerprint density at radius 2 is 1.81 bits per heavy atom. The van der Waals surface area contributed by atoms with Crippen molar-refractivity contribution in [2.24, 2.45) is 0 Å². The maximum absolute atomic E-state index is 14.6. The van der Waals surface area contributed by atoms with Gasteiger partial charge in [-0.1, -0.05) is 0 Å². The number of hydrogen-bond acceptors (Lipinski definition) is 7. The minimum Gasteiger partial charge on any atom is -0.335 e. The van der Waals surface area contributed by atoms with Crippen molar-refractivity contribution in [2.75, 3.05) is 20.4 Å². The van der Waals surface area contributed by atoms with E-state index in [9.17, 15) is 12.8 Å². The molecule has 6 aromatic rings. The molecule has 0 amide bonds. The lowest BCUT2D eigenvalue weighted by Gasteiger charge is -2.11. The van der Waals surface area contributed by atoms with E-state index in [2.05, 4.69) is 53.0 Å². The monoisotopic (exact) mass is 584 g/mol. The molecule has 42 heavy (non-hydrogen) atoms. The van der Waals surface area contributed by atoms with Crippen molar-refractivity contribution in [2.45, 2.75) is 20.0 Å². The van der Waals surface area contributed by atoms with E-state index in [1.54, 1.807) is 18.3 Å². The van der Waals surface area contributed by atoms with Gasteiger partial charge in [0.15, 0.2) is 11.5 Å². The Kier molecular flexibility index (Phi) is 7.05. The van der Waals surface area contributed by atoms with Crippen molar-refractivity contribution in [3.8, 4) is 33.8 Å². The molecule has 0 saturated heterocycles. The molecule has 2 aromatic carbocycles. The Morgan fingerprint density at radius 3 is 2.60 bits per heavy atom. The molecule has 0 bridgehead atoms. The molecule has 0 saturated carbocycles. The van der Waals surface area contributed by atoms with Gasteiger partial charge in [0.25, 0.3) is 0 Å². The zero-order chi connectivity index (χ0) is 29.6. The molecule has 0 aliphatic carbocycles. The highest BCUT2D eigenvalue weighted by atomic mass is 32.2. The van der Waals surface area contributed by atoms with Crippen molar-refractivity contribution in [1.29, 1.82) is 0 Å². The largest absolute Gasteiger partial charge is 0.335 e. The van der Waals surface area contributed by atoms with Crippen LogP contribution < -0.4 is 4.72 Å². The number of H-pyrrole nitrogens is 2. The topological polar surface area (TPSA) is 133 Å². The van der Waals surface area contributed by atoms with E-state index in [4.69, 9.17) is 4.98 Å². The van der Waals surface area contributed by atoms with Gasteiger partial charge < -0.3 is 9.88 Å². The number of nitrogens with zero attached hydrogens (tertiary/aromatic N) is 5. The zero-order valence-electron chi connectivity index (χ0n) is 23.5. The molecular formula is C30H29FN8O2S. The van der Waals surface area contributed by atoms with E-state index < -0.39 is 15.8 Å². The third-order valence-electron chi connectivity index (χ3n) is 6.91. The number of pyridine rings is 2. The fraction of sp³-hybridized carbons (Fsp3) is 0.200. The van der Waals surface area contributed by atoms with Crippen LogP contribution in [-0.4, -0.2) is 63.8 Å². The van der Waals surface area contributed by atoms with Gasteiger partial charge >= 0.3 is 0 Å². The van der Waals surface area contributed by atoms with Crippen LogP contribution in [-0.2, 0) is 23.1 Å². The number of rotatable bonds is 8. The average molecular weight is 585 g/mol. The number of benzene rings is 2. The molecular weight excluding hydrogens is 555 g/mol. The number of aromatic amines is 2. The summed E-state index contributed by atoms with van der Waals surface area (Å²) in [6.45, 7) is 2.78. The molecule has 12 heteroatoms. The van der Waals surface area contributed by atoms with Crippen LogP contribution in [0.1, 0.15) is 16.7 Å². The minimum atomic E-state index is -3.43. The molecule has 4 heterocycles. The van der Waals surface area contributed by atoms with E-state index in [0.717, 1.165) is 46.0 Å². The van der Waals surface area contributed by atoms with E-state index >= 15 is 0 Å². The van der Waals surface area contributed by atoms with Crippen LogP contribution in [0, 0.1) is 12.7 Å². The standard InChI is InChI=1S/C30H29FN8O2S/c1-17-7-20(22-9-19(13-32-15-22)16-39(2)3)12-25-26(17)37-38-28(25)30-35-27-24(5-6-33-29(27)36-30)21-8-18(10-23(31)11-21)14-34-42(4,40)41/h5-13,15,34H,14,16H2,1-4H3,(H,37,38)(H,33,35,36). The van der Waals surface area contributed by atoms with Crippen molar-refractivity contribution < 1.29 is 12.8 Å². The van der Waals surface area contributed by atoms with Crippen LogP contribution >= 0.6 is 0 Å². The number of aromatic nitrogens is 6. The van der Waals surface area contributed by atoms with Gasteiger partial charge in [-0.2, -0.15) is 5.10 Å². The predicted molar refractivity (Wildman–Crippen MR) is 161 cm³/mol. The molecule has 0 unspecified atom stereocenters. The van der Waals surface area contributed by atoms with Gasteiger partial charge in [-0.15, -0.1) is 0 Å². The number of aryl methyl sites for hydroxylation is 1. The average Bonchev–Trinajstić information content (AvgIpc) is 3.55. The second-order valence-corrected chi connectivity index (χ2v) is 12.5.